The van der Waals surface area contributed by atoms with Crippen molar-refractivity contribution < 1.29 is 9.84 Å². The minimum Gasteiger partial charge on any atom is -0.477 e. The van der Waals surface area contributed by atoms with Crippen LogP contribution >= 0.6 is 0 Å². The summed E-state index contributed by atoms with van der Waals surface area (Å²) < 4.78 is 5.39. The first-order valence-corrected chi connectivity index (χ1v) is 5.65. The minimum atomic E-state index is 0.0941. The van der Waals surface area contributed by atoms with Gasteiger partial charge in [-0.1, -0.05) is 13.8 Å². The molecule has 2 rings (SSSR count). The van der Waals surface area contributed by atoms with Crippen LogP contribution in [0.4, 0.5) is 5.95 Å². The maximum absolute atomic E-state index is 8.63. The molecule has 0 radical (unpaired) electrons. The van der Waals surface area contributed by atoms with Crippen molar-refractivity contribution in [1.82, 2.24) is 15.0 Å². The van der Waals surface area contributed by atoms with Gasteiger partial charge in [-0.2, -0.15) is 9.97 Å². The minimum absolute atomic E-state index is 0.0941. The lowest BCUT2D eigenvalue weighted by molar-refractivity contribution is 0.231. The van der Waals surface area contributed by atoms with Gasteiger partial charge in [0.2, 0.25) is 11.8 Å². The van der Waals surface area contributed by atoms with Crippen LogP contribution in [0.25, 0.3) is 11.0 Å². The van der Waals surface area contributed by atoms with E-state index >= 15 is 0 Å². The molecule has 6 nitrogen and oxygen atoms in total. The maximum atomic E-state index is 8.63. The highest BCUT2D eigenvalue weighted by atomic mass is 16.5. The van der Waals surface area contributed by atoms with E-state index in [1.807, 2.05) is 19.9 Å². The van der Waals surface area contributed by atoms with Crippen LogP contribution in [0, 0.1) is 0 Å². The van der Waals surface area contributed by atoms with Gasteiger partial charge in [-0.05, 0) is 6.07 Å². The smallest absolute Gasteiger partial charge is 0.227 e. The summed E-state index contributed by atoms with van der Waals surface area (Å²) in [5.74, 6) is 0.621. The second-order valence-corrected chi connectivity index (χ2v) is 3.05. The Bertz CT molecular complexity index is 456. The molecule has 2 aromatic heterocycles. The van der Waals surface area contributed by atoms with Gasteiger partial charge >= 0.3 is 0 Å². The van der Waals surface area contributed by atoms with Gasteiger partial charge in [0.05, 0.1) is 12.0 Å². The first-order valence-electron chi connectivity index (χ1n) is 5.65. The molecule has 0 atom stereocenters. The summed E-state index contributed by atoms with van der Waals surface area (Å²) in [6.45, 7) is 4.50. The summed E-state index contributed by atoms with van der Waals surface area (Å²) in [5.41, 5.74) is 6.17. The first kappa shape index (κ1) is 13.2. The molecule has 0 aliphatic carbocycles. The van der Waals surface area contributed by atoms with E-state index in [0.717, 1.165) is 5.39 Å². The fraction of sp³-hybridized carbons (Fsp3) is 0.455. The third kappa shape index (κ3) is 3.32. The number of hydrogen-bond acceptors (Lipinski definition) is 5. The van der Waals surface area contributed by atoms with E-state index < -0.39 is 0 Å². The highest BCUT2D eigenvalue weighted by Crippen LogP contribution is 2.21. The quantitative estimate of drug-likeness (QED) is 0.698. The molecule has 2 heterocycles. The summed E-state index contributed by atoms with van der Waals surface area (Å²) in [5, 5.41) is 9.42. The monoisotopic (exact) mass is 238 g/mol. The van der Waals surface area contributed by atoms with E-state index in [0.29, 0.717) is 24.6 Å². The number of rotatable bonds is 4. The summed E-state index contributed by atoms with van der Waals surface area (Å²) in [7, 11) is 0. The Hall–Kier alpha value is -1.82. The molecule has 0 saturated heterocycles. The molecule has 0 amide bonds. The number of ether oxygens (including phenoxy) is 1. The van der Waals surface area contributed by atoms with Crippen LogP contribution in [0.2, 0.25) is 0 Å². The Kier molecular flexibility index (Phi) is 5.22. The van der Waals surface area contributed by atoms with Crippen LogP contribution < -0.4 is 10.5 Å². The zero-order valence-corrected chi connectivity index (χ0v) is 10.1. The van der Waals surface area contributed by atoms with Crippen LogP contribution in [0.3, 0.4) is 0 Å². The number of aromatic nitrogens is 3. The predicted octanol–water partition coefficient (Wildman–Crippen LogP) is 1.33. The number of nitrogen functional groups attached to an aromatic ring is 1. The Morgan fingerprint density at radius 3 is 2.88 bits per heavy atom. The second kappa shape index (κ2) is 6.70. The average molecular weight is 238 g/mol. The van der Waals surface area contributed by atoms with Crippen molar-refractivity contribution in [2.24, 2.45) is 0 Å². The van der Waals surface area contributed by atoms with E-state index in [9.17, 15) is 0 Å². The maximum Gasteiger partial charge on any atom is 0.227 e. The lowest BCUT2D eigenvalue weighted by atomic mass is 10.4. The molecule has 0 unspecified atom stereocenters. The van der Waals surface area contributed by atoms with E-state index in [2.05, 4.69) is 15.0 Å². The molecule has 2 aromatic rings. The number of hydrogen-bond donors (Lipinski definition) is 3. The third-order valence-electron chi connectivity index (χ3n) is 1.94. The lowest BCUT2D eigenvalue weighted by Crippen LogP contribution is -2.04. The van der Waals surface area contributed by atoms with Crippen molar-refractivity contribution in [1.29, 1.82) is 0 Å². The van der Waals surface area contributed by atoms with Crippen molar-refractivity contribution in [3.8, 4) is 5.88 Å². The molecule has 94 valence electrons. The molecule has 0 aliphatic heterocycles. The summed E-state index contributed by atoms with van der Waals surface area (Å²) in [6, 6.07) is 1.82. The van der Waals surface area contributed by atoms with Gasteiger partial charge in [0.25, 0.3) is 0 Å². The van der Waals surface area contributed by atoms with Gasteiger partial charge in [-0.3, -0.25) is 0 Å². The number of fused-ring (bicyclic) bond motifs is 1. The van der Waals surface area contributed by atoms with Gasteiger partial charge in [-0.25, -0.2) is 0 Å². The zero-order valence-electron chi connectivity index (χ0n) is 10.1. The highest BCUT2D eigenvalue weighted by Gasteiger charge is 2.07. The number of nitrogens with zero attached hydrogens (tertiary/aromatic N) is 2. The average Bonchev–Trinajstić information content (AvgIpc) is 2.80. The molecular formula is C11H18N4O2. The zero-order chi connectivity index (χ0) is 12.7. The Balaban J connectivity index is 0.000000686. The van der Waals surface area contributed by atoms with Gasteiger partial charge in [0, 0.05) is 19.2 Å². The summed E-state index contributed by atoms with van der Waals surface area (Å²) in [6.07, 6.45) is 2.31. The Morgan fingerprint density at radius 2 is 2.18 bits per heavy atom. The van der Waals surface area contributed by atoms with Gasteiger partial charge < -0.3 is 20.6 Å². The van der Waals surface area contributed by atoms with E-state index in [1.165, 1.54) is 0 Å². The standard InChI is InChI=1S/C9H12N4O2.C2H6/c10-9-12-7-6(2-3-11-7)8(13-9)15-5-1-4-14;1-2/h2-3,14H,1,4-5H2,(H3,10,11,12,13);1-2H3. The van der Waals surface area contributed by atoms with Gasteiger partial charge in [0.15, 0.2) is 0 Å². The Labute approximate surface area is 99.8 Å². The van der Waals surface area contributed by atoms with Crippen molar-refractivity contribution >= 4 is 17.0 Å². The number of nitrogens with two attached hydrogens (primary N) is 1. The number of aliphatic hydroxyl groups is 1. The van der Waals surface area contributed by atoms with Crippen molar-refractivity contribution in [3.63, 3.8) is 0 Å². The fourth-order valence-electron chi connectivity index (χ4n) is 1.27. The third-order valence-corrected chi connectivity index (χ3v) is 1.94. The topological polar surface area (TPSA) is 97.0 Å². The number of aromatic amines is 1. The SMILES string of the molecule is CC.Nc1nc(OCCCO)c2cc[nH]c2n1. The number of nitrogens with one attached hydrogen (secondary N) is 1. The Morgan fingerprint density at radius 1 is 1.41 bits per heavy atom. The first-order chi connectivity index (χ1) is 8.31. The van der Waals surface area contributed by atoms with Gasteiger partial charge in [0.1, 0.15) is 5.65 Å². The predicted molar refractivity (Wildman–Crippen MR) is 66.8 cm³/mol. The molecule has 0 aliphatic rings. The molecule has 6 heteroatoms. The van der Waals surface area contributed by atoms with Crippen molar-refractivity contribution in [2.45, 2.75) is 20.3 Å². The number of aliphatic hydroxyl groups excluding tert-OH is 1. The lowest BCUT2D eigenvalue weighted by Gasteiger charge is -2.05. The van der Waals surface area contributed by atoms with Crippen LogP contribution in [-0.2, 0) is 0 Å². The molecule has 0 fully saturated rings. The summed E-state index contributed by atoms with van der Waals surface area (Å²) >= 11 is 0. The largest absolute Gasteiger partial charge is 0.477 e. The van der Waals surface area contributed by atoms with Crippen LogP contribution in [0.1, 0.15) is 20.3 Å². The molecule has 4 N–H and O–H groups in total. The molecule has 0 saturated carbocycles. The molecule has 0 bridgehead atoms. The molecule has 0 spiro atoms. The van der Waals surface area contributed by atoms with E-state index in [1.54, 1.807) is 6.20 Å². The summed E-state index contributed by atoms with van der Waals surface area (Å²) in [4.78, 5) is 10.9. The normalized spacial score (nSPS) is 9.82. The molecular weight excluding hydrogens is 220 g/mol. The van der Waals surface area contributed by atoms with Crippen molar-refractivity contribution in [2.75, 3.05) is 18.9 Å². The number of H-pyrrole nitrogens is 1. The van der Waals surface area contributed by atoms with Crippen LogP contribution in [0.5, 0.6) is 5.88 Å². The number of anilines is 1. The van der Waals surface area contributed by atoms with Crippen LogP contribution in [-0.4, -0.2) is 33.3 Å². The van der Waals surface area contributed by atoms with Gasteiger partial charge in [-0.15, -0.1) is 0 Å². The fourth-order valence-corrected chi connectivity index (χ4v) is 1.27. The second-order valence-electron chi connectivity index (χ2n) is 3.05. The molecule has 17 heavy (non-hydrogen) atoms. The van der Waals surface area contributed by atoms with Crippen molar-refractivity contribution in [3.05, 3.63) is 12.3 Å². The van der Waals surface area contributed by atoms with Crippen LogP contribution in [0.15, 0.2) is 12.3 Å². The molecule has 0 aromatic carbocycles. The highest BCUT2D eigenvalue weighted by molar-refractivity contribution is 5.81. The van der Waals surface area contributed by atoms with E-state index in [-0.39, 0.29) is 12.6 Å². The van der Waals surface area contributed by atoms with E-state index in [4.69, 9.17) is 15.6 Å².